The fraction of sp³-hybridized carbons (Fsp3) is 0.353. The highest BCUT2D eigenvalue weighted by Gasteiger charge is 2.36. The molecule has 96 valence electrons. The van der Waals surface area contributed by atoms with Gasteiger partial charge in [-0.3, -0.25) is 0 Å². The van der Waals surface area contributed by atoms with Gasteiger partial charge in [0, 0.05) is 0 Å². The van der Waals surface area contributed by atoms with Crippen LogP contribution in [0.3, 0.4) is 0 Å². The van der Waals surface area contributed by atoms with E-state index in [-0.39, 0.29) is 6.10 Å². The second-order valence-electron chi connectivity index (χ2n) is 5.49. The summed E-state index contributed by atoms with van der Waals surface area (Å²) in [4.78, 5) is 0. The van der Waals surface area contributed by atoms with Gasteiger partial charge < -0.3 is 5.11 Å². The van der Waals surface area contributed by atoms with E-state index in [0.29, 0.717) is 0 Å². The van der Waals surface area contributed by atoms with E-state index < -0.39 is 5.41 Å². The fourth-order valence-electron chi connectivity index (χ4n) is 3.05. The van der Waals surface area contributed by atoms with Gasteiger partial charge in [-0.1, -0.05) is 36.4 Å². The van der Waals surface area contributed by atoms with Crippen LogP contribution in [0.25, 0.3) is 10.8 Å². The zero-order valence-corrected chi connectivity index (χ0v) is 10.8. The molecule has 2 nitrogen and oxygen atoms in total. The molecule has 1 fully saturated rings. The highest BCUT2D eigenvalue weighted by Crippen LogP contribution is 2.39. The Balaban J connectivity index is 2.04. The molecule has 2 aromatic carbocycles. The molecule has 0 amide bonds. The molecule has 0 bridgehead atoms. The van der Waals surface area contributed by atoms with Gasteiger partial charge in [0.1, 0.15) is 0 Å². The third-order valence-corrected chi connectivity index (χ3v) is 4.32. The minimum atomic E-state index is -0.413. The minimum Gasteiger partial charge on any atom is -0.393 e. The first kappa shape index (κ1) is 12.2. The van der Waals surface area contributed by atoms with Crippen molar-refractivity contribution in [2.24, 2.45) is 0 Å². The maximum Gasteiger partial charge on any atom is 0.0824 e. The van der Waals surface area contributed by atoms with E-state index in [0.717, 1.165) is 31.2 Å². The molecule has 2 heteroatoms. The van der Waals surface area contributed by atoms with Gasteiger partial charge in [0.2, 0.25) is 0 Å². The van der Waals surface area contributed by atoms with Gasteiger partial charge in [0.25, 0.3) is 0 Å². The average molecular weight is 251 g/mol. The molecule has 1 aliphatic rings. The van der Waals surface area contributed by atoms with Crippen LogP contribution in [-0.4, -0.2) is 11.2 Å². The molecule has 0 atom stereocenters. The number of aliphatic hydroxyl groups excluding tert-OH is 1. The van der Waals surface area contributed by atoms with Crippen LogP contribution >= 0.6 is 0 Å². The summed E-state index contributed by atoms with van der Waals surface area (Å²) in [5.41, 5.74) is 0.684. The van der Waals surface area contributed by atoms with Crippen molar-refractivity contribution in [3.8, 4) is 6.07 Å². The topological polar surface area (TPSA) is 44.0 Å². The van der Waals surface area contributed by atoms with Crippen molar-refractivity contribution in [1.29, 1.82) is 5.26 Å². The standard InChI is InChI=1S/C17H17NO/c18-12-17(9-7-16(19)8-10-17)15-6-5-13-3-1-2-4-14(13)11-15/h1-6,11,16,19H,7-10H2/t16-,17-. The molecule has 1 aliphatic carbocycles. The van der Waals surface area contributed by atoms with Crippen LogP contribution in [0.5, 0.6) is 0 Å². The third kappa shape index (κ3) is 2.11. The van der Waals surface area contributed by atoms with E-state index in [1.807, 2.05) is 12.1 Å². The Morgan fingerprint density at radius 2 is 1.74 bits per heavy atom. The van der Waals surface area contributed by atoms with E-state index >= 15 is 0 Å². The SMILES string of the molecule is N#C[C@]1(c2ccc3ccccc3c2)CC[C@H](O)CC1. The Labute approximate surface area is 113 Å². The average Bonchev–Trinajstić information content (AvgIpc) is 2.48. The summed E-state index contributed by atoms with van der Waals surface area (Å²) in [7, 11) is 0. The molecule has 2 aromatic rings. The first-order valence-electron chi connectivity index (χ1n) is 6.82. The van der Waals surface area contributed by atoms with Crippen LogP contribution in [0.4, 0.5) is 0 Å². The van der Waals surface area contributed by atoms with Crippen molar-refractivity contribution >= 4 is 10.8 Å². The molecule has 1 saturated carbocycles. The maximum atomic E-state index is 9.65. The Morgan fingerprint density at radius 3 is 2.42 bits per heavy atom. The second-order valence-corrected chi connectivity index (χ2v) is 5.49. The summed E-state index contributed by atoms with van der Waals surface area (Å²) >= 11 is 0. The van der Waals surface area contributed by atoms with Gasteiger partial charge in [-0.15, -0.1) is 0 Å². The molecule has 0 saturated heterocycles. The van der Waals surface area contributed by atoms with E-state index in [2.05, 4.69) is 36.4 Å². The molecule has 0 aliphatic heterocycles. The Morgan fingerprint density at radius 1 is 1.05 bits per heavy atom. The molecule has 19 heavy (non-hydrogen) atoms. The van der Waals surface area contributed by atoms with Crippen molar-refractivity contribution in [2.45, 2.75) is 37.2 Å². The van der Waals surface area contributed by atoms with Crippen LogP contribution in [0.2, 0.25) is 0 Å². The number of nitrogens with zero attached hydrogens (tertiary/aromatic N) is 1. The quantitative estimate of drug-likeness (QED) is 0.842. The molecule has 0 aromatic heterocycles. The summed E-state index contributed by atoms with van der Waals surface area (Å²) < 4.78 is 0. The van der Waals surface area contributed by atoms with Gasteiger partial charge in [-0.05, 0) is 48.1 Å². The predicted octanol–water partition coefficient (Wildman–Crippen LogP) is 3.54. The molecule has 0 heterocycles. The largest absolute Gasteiger partial charge is 0.393 e. The molecule has 0 radical (unpaired) electrons. The number of benzene rings is 2. The monoisotopic (exact) mass is 251 g/mol. The molecular weight excluding hydrogens is 234 g/mol. The summed E-state index contributed by atoms with van der Waals surface area (Å²) in [6.07, 6.45) is 2.72. The number of nitriles is 1. The number of hydrogen-bond acceptors (Lipinski definition) is 2. The van der Waals surface area contributed by atoms with Gasteiger partial charge in [-0.25, -0.2) is 0 Å². The lowest BCUT2D eigenvalue weighted by Gasteiger charge is -2.33. The molecule has 3 rings (SSSR count). The Kier molecular flexibility index (Phi) is 3.00. The normalized spacial score (nSPS) is 27.1. The first-order valence-corrected chi connectivity index (χ1v) is 6.82. The summed E-state index contributed by atoms with van der Waals surface area (Å²) in [6, 6.07) is 17.0. The van der Waals surface area contributed by atoms with E-state index in [4.69, 9.17) is 0 Å². The number of rotatable bonds is 1. The van der Waals surface area contributed by atoms with E-state index in [1.165, 1.54) is 10.8 Å². The second kappa shape index (κ2) is 4.68. The van der Waals surface area contributed by atoms with Gasteiger partial charge in [-0.2, -0.15) is 5.26 Å². The molecular formula is C17H17NO. The molecule has 0 unspecified atom stereocenters. The summed E-state index contributed by atoms with van der Waals surface area (Å²) in [5, 5.41) is 21.7. The minimum absolute atomic E-state index is 0.234. The van der Waals surface area contributed by atoms with Crippen molar-refractivity contribution in [3.63, 3.8) is 0 Å². The van der Waals surface area contributed by atoms with Crippen molar-refractivity contribution in [3.05, 3.63) is 48.0 Å². The molecule has 1 N–H and O–H groups in total. The maximum absolute atomic E-state index is 9.65. The zero-order chi connectivity index (χ0) is 13.3. The Bertz CT molecular complexity index is 633. The third-order valence-electron chi connectivity index (χ3n) is 4.32. The van der Waals surface area contributed by atoms with Gasteiger partial charge in [0.15, 0.2) is 0 Å². The lowest BCUT2D eigenvalue weighted by atomic mass is 9.69. The smallest absolute Gasteiger partial charge is 0.0824 e. The van der Waals surface area contributed by atoms with E-state index in [1.54, 1.807) is 0 Å². The fourth-order valence-corrected chi connectivity index (χ4v) is 3.05. The Hall–Kier alpha value is -1.85. The van der Waals surface area contributed by atoms with Crippen LogP contribution in [0, 0.1) is 11.3 Å². The van der Waals surface area contributed by atoms with Crippen LogP contribution in [0.1, 0.15) is 31.2 Å². The lowest BCUT2D eigenvalue weighted by Crippen LogP contribution is -2.32. The highest BCUT2D eigenvalue weighted by molar-refractivity contribution is 5.83. The zero-order valence-electron chi connectivity index (χ0n) is 10.8. The van der Waals surface area contributed by atoms with Gasteiger partial charge >= 0.3 is 0 Å². The van der Waals surface area contributed by atoms with Crippen molar-refractivity contribution < 1.29 is 5.11 Å². The highest BCUT2D eigenvalue weighted by atomic mass is 16.3. The summed E-state index contributed by atoms with van der Waals surface area (Å²) in [6.45, 7) is 0. The number of aliphatic hydroxyl groups is 1. The lowest BCUT2D eigenvalue weighted by molar-refractivity contribution is 0.109. The van der Waals surface area contributed by atoms with E-state index in [9.17, 15) is 10.4 Å². The van der Waals surface area contributed by atoms with Crippen LogP contribution in [0.15, 0.2) is 42.5 Å². The number of hydrogen-bond donors (Lipinski definition) is 1. The van der Waals surface area contributed by atoms with Gasteiger partial charge in [0.05, 0.1) is 17.6 Å². The van der Waals surface area contributed by atoms with Crippen LogP contribution in [-0.2, 0) is 5.41 Å². The number of fused-ring (bicyclic) bond motifs is 1. The van der Waals surface area contributed by atoms with Crippen molar-refractivity contribution in [2.75, 3.05) is 0 Å². The van der Waals surface area contributed by atoms with Crippen molar-refractivity contribution in [1.82, 2.24) is 0 Å². The first-order chi connectivity index (χ1) is 9.23. The van der Waals surface area contributed by atoms with Crippen LogP contribution < -0.4 is 0 Å². The molecule has 0 spiro atoms. The predicted molar refractivity (Wildman–Crippen MR) is 75.7 cm³/mol. The summed E-state index contributed by atoms with van der Waals surface area (Å²) in [5.74, 6) is 0.